The maximum absolute atomic E-state index is 9.42. The molecule has 2 heteroatoms. The van der Waals surface area contributed by atoms with Crippen molar-refractivity contribution in [1.29, 1.82) is 0 Å². The van der Waals surface area contributed by atoms with Crippen LogP contribution < -0.4 is 0 Å². The molecule has 0 radical (unpaired) electrons. The molecule has 0 bridgehead atoms. The van der Waals surface area contributed by atoms with Crippen LogP contribution in [-0.4, -0.2) is 10.9 Å². The molecule has 0 amide bonds. The fourth-order valence-corrected chi connectivity index (χ4v) is 2.00. The Morgan fingerprint density at radius 1 is 1.42 bits per heavy atom. The van der Waals surface area contributed by atoms with Crippen LogP contribution in [0.5, 0.6) is 0 Å². The lowest BCUT2D eigenvalue weighted by Gasteiger charge is -2.09. The topological polar surface area (TPSA) is 20.2 Å². The van der Waals surface area contributed by atoms with Gasteiger partial charge in [0.2, 0.25) is 0 Å². The summed E-state index contributed by atoms with van der Waals surface area (Å²) in [6, 6.07) is 7.99. The molecule has 1 nitrogen and oxygen atoms in total. The second-order valence-electron chi connectivity index (χ2n) is 2.65. The molecule has 0 spiro atoms. The van der Waals surface area contributed by atoms with E-state index in [0.29, 0.717) is 0 Å². The molecular formula is C10H14OS. The van der Waals surface area contributed by atoms with Crippen molar-refractivity contribution in [3.63, 3.8) is 0 Å². The van der Waals surface area contributed by atoms with Gasteiger partial charge in [0.1, 0.15) is 0 Å². The number of hydrogen-bond donors (Lipinski definition) is 1. The first kappa shape index (κ1) is 9.62. The highest BCUT2D eigenvalue weighted by atomic mass is 32.2. The van der Waals surface area contributed by atoms with Gasteiger partial charge in [-0.2, -0.15) is 0 Å². The van der Waals surface area contributed by atoms with Crippen molar-refractivity contribution in [3.05, 3.63) is 29.8 Å². The van der Waals surface area contributed by atoms with E-state index in [0.717, 1.165) is 11.3 Å². The summed E-state index contributed by atoms with van der Waals surface area (Å²) in [4.78, 5) is 1.19. The molecule has 1 aromatic carbocycles. The van der Waals surface area contributed by atoms with Crippen molar-refractivity contribution >= 4 is 11.8 Å². The average molecular weight is 182 g/mol. The van der Waals surface area contributed by atoms with Gasteiger partial charge < -0.3 is 5.11 Å². The fraction of sp³-hybridized carbons (Fsp3) is 0.400. The zero-order valence-corrected chi connectivity index (χ0v) is 8.27. The van der Waals surface area contributed by atoms with Gasteiger partial charge in [0, 0.05) is 4.90 Å². The van der Waals surface area contributed by atoms with Crippen LogP contribution in [0, 0.1) is 0 Å². The second kappa shape index (κ2) is 4.53. The lowest BCUT2D eigenvalue weighted by atomic mass is 10.1. The molecule has 0 saturated heterocycles. The van der Waals surface area contributed by atoms with Crippen LogP contribution in [0.3, 0.4) is 0 Å². The minimum Gasteiger partial charge on any atom is -0.389 e. The minimum absolute atomic E-state index is 0.361. The summed E-state index contributed by atoms with van der Waals surface area (Å²) < 4.78 is 0. The van der Waals surface area contributed by atoms with Crippen LogP contribution >= 0.6 is 11.8 Å². The van der Waals surface area contributed by atoms with Gasteiger partial charge in [-0.05, 0) is 24.3 Å². The predicted octanol–water partition coefficient (Wildman–Crippen LogP) is 2.85. The van der Waals surface area contributed by atoms with Crippen LogP contribution in [0.15, 0.2) is 29.2 Å². The third kappa shape index (κ3) is 2.26. The number of benzene rings is 1. The van der Waals surface area contributed by atoms with Crippen LogP contribution in [-0.2, 0) is 0 Å². The van der Waals surface area contributed by atoms with Gasteiger partial charge in [-0.1, -0.05) is 25.1 Å². The SMILES string of the molecule is CCSc1ccccc1[C@@H](C)O. The van der Waals surface area contributed by atoms with Crippen molar-refractivity contribution in [1.82, 2.24) is 0 Å². The Morgan fingerprint density at radius 2 is 2.08 bits per heavy atom. The van der Waals surface area contributed by atoms with E-state index in [4.69, 9.17) is 0 Å². The Morgan fingerprint density at radius 3 is 2.67 bits per heavy atom. The highest BCUT2D eigenvalue weighted by Crippen LogP contribution is 2.26. The van der Waals surface area contributed by atoms with Crippen molar-refractivity contribution in [2.75, 3.05) is 5.75 Å². The summed E-state index contributed by atoms with van der Waals surface area (Å²) in [6.07, 6.45) is -0.361. The summed E-state index contributed by atoms with van der Waals surface area (Å²) in [6.45, 7) is 3.92. The van der Waals surface area contributed by atoms with Gasteiger partial charge in [-0.15, -0.1) is 11.8 Å². The van der Waals surface area contributed by atoms with E-state index in [1.165, 1.54) is 4.90 Å². The molecule has 0 saturated carbocycles. The van der Waals surface area contributed by atoms with Gasteiger partial charge in [-0.3, -0.25) is 0 Å². The molecule has 1 N–H and O–H groups in total. The van der Waals surface area contributed by atoms with E-state index in [-0.39, 0.29) is 6.10 Å². The molecule has 0 heterocycles. The molecule has 1 aromatic rings. The van der Waals surface area contributed by atoms with Crippen LogP contribution in [0.2, 0.25) is 0 Å². The number of aliphatic hydroxyl groups is 1. The van der Waals surface area contributed by atoms with Gasteiger partial charge in [0.15, 0.2) is 0 Å². The van der Waals surface area contributed by atoms with E-state index in [2.05, 4.69) is 13.0 Å². The van der Waals surface area contributed by atoms with Gasteiger partial charge in [0.25, 0.3) is 0 Å². The molecule has 0 aromatic heterocycles. The van der Waals surface area contributed by atoms with E-state index in [9.17, 15) is 5.11 Å². The molecule has 12 heavy (non-hydrogen) atoms. The van der Waals surface area contributed by atoms with Crippen LogP contribution in [0.1, 0.15) is 25.5 Å². The zero-order valence-electron chi connectivity index (χ0n) is 7.45. The highest BCUT2D eigenvalue weighted by molar-refractivity contribution is 7.99. The minimum atomic E-state index is -0.361. The van der Waals surface area contributed by atoms with Crippen molar-refractivity contribution in [2.24, 2.45) is 0 Å². The largest absolute Gasteiger partial charge is 0.389 e. The number of aliphatic hydroxyl groups excluding tert-OH is 1. The summed E-state index contributed by atoms with van der Waals surface area (Å²) in [5, 5.41) is 9.42. The Balaban J connectivity index is 2.92. The van der Waals surface area contributed by atoms with E-state index < -0.39 is 0 Å². The van der Waals surface area contributed by atoms with Crippen LogP contribution in [0.25, 0.3) is 0 Å². The quantitative estimate of drug-likeness (QED) is 0.725. The molecule has 0 fully saturated rings. The third-order valence-electron chi connectivity index (χ3n) is 1.67. The highest BCUT2D eigenvalue weighted by Gasteiger charge is 2.05. The number of hydrogen-bond acceptors (Lipinski definition) is 2. The van der Waals surface area contributed by atoms with Gasteiger partial charge in [-0.25, -0.2) is 0 Å². The second-order valence-corrected chi connectivity index (χ2v) is 3.95. The first-order valence-electron chi connectivity index (χ1n) is 4.15. The summed E-state index contributed by atoms with van der Waals surface area (Å²) in [7, 11) is 0. The number of rotatable bonds is 3. The predicted molar refractivity (Wildman–Crippen MR) is 53.5 cm³/mol. The first-order chi connectivity index (χ1) is 5.75. The Bertz CT molecular complexity index is 245. The summed E-state index contributed by atoms with van der Waals surface area (Å²) in [5.41, 5.74) is 1.03. The molecule has 0 unspecified atom stereocenters. The summed E-state index contributed by atoms with van der Waals surface area (Å²) in [5.74, 6) is 1.05. The molecule has 0 aliphatic carbocycles. The van der Waals surface area contributed by atoms with E-state index in [1.807, 2.05) is 18.2 Å². The molecule has 0 aliphatic heterocycles. The lowest BCUT2D eigenvalue weighted by molar-refractivity contribution is 0.196. The maximum Gasteiger partial charge on any atom is 0.0772 e. The van der Waals surface area contributed by atoms with Crippen molar-refractivity contribution in [3.8, 4) is 0 Å². The zero-order chi connectivity index (χ0) is 8.97. The van der Waals surface area contributed by atoms with Gasteiger partial charge >= 0.3 is 0 Å². The monoisotopic (exact) mass is 182 g/mol. The molecular weight excluding hydrogens is 168 g/mol. The smallest absolute Gasteiger partial charge is 0.0772 e. The Labute approximate surface area is 77.8 Å². The maximum atomic E-state index is 9.42. The van der Waals surface area contributed by atoms with E-state index >= 15 is 0 Å². The summed E-state index contributed by atoms with van der Waals surface area (Å²) >= 11 is 1.77. The van der Waals surface area contributed by atoms with Crippen molar-refractivity contribution in [2.45, 2.75) is 24.8 Å². The molecule has 1 rings (SSSR count). The molecule has 1 atom stereocenters. The standard InChI is InChI=1S/C10H14OS/c1-3-12-10-7-5-4-6-9(10)8(2)11/h4-8,11H,3H2,1-2H3/t8-/m1/s1. The Hall–Kier alpha value is -0.470. The van der Waals surface area contributed by atoms with Crippen molar-refractivity contribution < 1.29 is 5.11 Å². The molecule has 66 valence electrons. The lowest BCUT2D eigenvalue weighted by Crippen LogP contribution is -1.93. The Kier molecular flexibility index (Phi) is 3.63. The van der Waals surface area contributed by atoms with Crippen LogP contribution in [0.4, 0.5) is 0 Å². The third-order valence-corrected chi connectivity index (χ3v) is 2.64. The average Bonchev–Trinajstić information content (AvgIpc) is 2.05. The number of thioether (sulfide) groups is 1. The fourth-order valence-electron chi connectivity index (χ4n) is 1.11. The normalized spacial score (nSPS) is 12.9. The molecule has 0 aliphatic rings. The van der Waals surface area contributed by atoms with E-state index in [1.54, 1.807) is 18.7 Å². The first-order valence-corrected chi connectivity index (χ1v) is 5.14. The van der Waals surface area contributed by atoms with Gasteiger partial charge in [0.05, 0.1) is 6.10 Å².